The molecule has 0 radical (unpaired) electrons. The zero-order valence-corrected chi connectivity index (χ0v) is 19.0. The highest BCUT2D eigenvalue weighted by Gasteiger charge is 2.27. The second-order valence-corrected chi connectivity index (χ2v) is 9.49. The summed E-state index contributed by atoms with van der Waals surface area (Å²) in [6, 6.07) is 19.8. The van der Waals surface area contributed by atoms with Gasteiger partial charge in [0.2, 0.25) is 6.79 Å². The fourth-order valence-corrected chi connectivity index (χ4v) is 4.69. The number of fused-ring (bicyclic) bond motifs is 1. The molecule has 0 saturated carbocycles. The Bertz CT molecular complexity index is 1250. The van der Waals surface area contributed by atoms with Gasteiger partial charge in [-0.1, -0.05) is 34.1 Å². The van der Waals surface area contributed by atoms with Crippen molar-refractivity contribution in [2.45, 2.75) is 4.90 Å². The molecule has 10 heteroatoms. The van der Waals surface area contributed by atoms with Gasteiger partial charge in [0.1, 0.15) is 6.54 Å². The third-order valence-corrected chi connectivity index (χ3v) is 6.85. The Morgan fingerprint density at radius 2 is 1.75 bits per heavy atom. The number of nitrogens with zero attached hydrogens (tertiary/aromatic N) is 2. The van der Waals surface area contributed by atoms with Crippen molar-refractivity contribution >= 4 is 43.8 Å². The largest absolute Gasteiger partial charge is 0.454 e. The Morgan fingerprint density at radius 1 is 1.03 bits per heavy atom. The van der Waals surface area contributed by atoms with Crippen LogP contribution in [-0.4, -0.2) is 33.9 Å². The van der Waals surface area contributed by atoms with Crippen LogP contribution >= 0.6 is 15.9 Å². The smallest absolute Gasteiger partial charge is 0.264 e. The van der Waals surface area contributed by atoms with Gasteiger partial charge in [-0.3, -0.25) is 9.10 Å². The first-order valence-electron chi connectivity index (χ1n) is 9.48. The molecule has 1 aliphatic rings. The number of ether oxygens (including phenoxy) is 2. The summed E-state index contributed by atoms with van der Waals surface area (Å²) in [5.74, 6) is 0.641. The number of hydrogen-bond acceptors (Lipinski definition) is 6. The van der Waals surface area contributed by atoms with Gasteiger partial charge in [0.05, 0.1) is 16.8 Å². The van der Waals surface area contributed by atoms with E-state index in [1.807, 2.05) is 0 Å². The molecule has 4 rings (SSSR count). The second-order valence-electron chi connectivity index (χ2n) is 6.71. The van der Waals surface area contributed by atoms with Gasteiger partial charge in [-0.2, -0.15) is 5.10 Å². The van der Waals surface area contributed by atoms with E-state index in [2.05, 4.69) is 26.5 Å². The predicted octanol–water partition coefficient (Wildman–Crippen LogP) is 3.52. The van der Waals surface area contributed by atoms with Gasteiger partial charge in [-0.25, -0.2) is 13.8 Å². The number of hydrogen-bond donors (Lipinski definition) is 1. The number of carbonyl (C=O) groups is 1. The Balaban J connectivity index is 1.51. The summed E-state index contributed by atoms with van der Waals surface area (Å²) in [7, 11) is -3.97. The maximum atomic E-state index is 13.2. The van der Waals surface area contributed by atoms with Gasteiger partial charge < -0.3 is 9.47 Å². The van der Waals surface area contributed by atoms with Gasteiger partial charge >= 0.3 is 0 Å². The first-order chi connectivity index (χ1) is 15.4. The average Bonchev–Trinajstić information content (AvgIpc) is 3.27. The summed E-state index contributed by atoms with van der Waals surface area (Å²) in [5.41, 5.74) is 3.42. The average molecular weight is 516 g/mol. The molecule has 3 aromatic carbocycles. The number of hydrazone groups is 1. The van der Waals surface area contributed by atoms with Crippen molar-refractivity contribution in [1.82, 2.24) is 5.43 Å². The standard InChI is InChI=1S/C22H18BrN3O5S/c23-17-7-9-18(10-8-17)26(32(28,29)19-4-2-1-3-5-19)14-22(27)25-24-13-16-6-11-20-21(12-16)31-15-30-20/h1-13H,14-15H2,(H,25,27)/b24-13-. The van der Waals surface area contributed by atoms with Crippen LogP contribution < -0.4 is 19.2 Å². The maximum absolute atomic E-state index is 13.2. The molecule has 0 atom stereocenters. The van der Waals surface area contributed by atoms with Crippen molar-refractivity contribution in [3.05, 3.63) is 82.8 Å². The van der Waals surface area contributed by atoms with Gasteiger partial charge in [-0.05, 0) is 60.2 Å². The molecule has 164 valence electrons. The summed E-state index contributed by atoms with van der Waals surface area (Å²) in [5, 5.41) is 3.93. The molecule has 1 amide bonds. The number of carbonyl (C=O) groups excluding carboxylic acids is 1. The van der Waals surface area contributed by atoms with Crippen molar-refractivity contribution in [2.75, 3.05) is 17.6 Å². The Hall–Kier alpha value is -3.37. The van der Waals surface area contributed by atoms with Gasteiger partial charge in [0, 0.05) is 4.47 Å². The normalized spacial score (nSPS) is 12.7. The topological polar surface area (TPSA) is 97.3 Å². The SMILES string of the molecule is O=C(CN(c1ccc(Br)cc1)S(=O)(=O)c1ccccc1)N/N=C\c1ccc2c(c1)OCO2. The Labute approximate surface area is 193 Å². The number of nitrogens with one attached hydrogen (secondary N) is 1. The highest BCUT2D eigenvalue weighted by atomic mass is 79.9. The second kappa shape index (κ2) is 9.41. The minimum Gasteiger partial charge on any atom is -0.454 e. The molecule has 0 spiro atoms. The summed E-state index contributed by atoms with van der Waals surface area (Å²) >= 11 is 3.33. The van der Waals surface area contributed by atoms with Crippen molar-refractivity contribution in [2.24, 2.45) is 5.10 Å². The van der Waals surface area contributed by atoms with Gasteiger partial charge in [0.25, 0.3) is 15.9 Å². The van der Waals surface area contributed by atoms with Crippen LogP contribution in [-0.2, 0) is 14.8 Å². The fourth-order valence-electron chi connectivity index (χ4n) is 2.98. The van der Waals surface area contributed by atoms with Gasteiger partial charge in [0.15, 0.2) is 11.5 Å². The van der Waals surface area contributed by atoms with E-state index >= 15 is 0 Å². The van der Waals surface area contributed by atoms with Crippen LogP contribution in [0.3, 0.4) is 0 Å². The van der Waals surface area contributed by atoms with Crippen molar-refractivity contribution in [3.8, 4) is 11.5 Å². The molecule has 0 bridgehead atoms. The first kappa shape index (κ1) is 21.8. The van der Waals surface area contributed by atoms with E-state index in [1.165, 1.54) is 18.3 Å². The molecule has 1 N–H and O–H groups in total. The monoisotopic (exact) mass is 515 g/mol. The molecule has 1 heterocycles. The molecular formula is C22H18BrN3O5S. The van der Waals surface area contributed by atoms with Crippen LogP contribution in [0.15, 0.2) is 87.3 Å². The molecule has 32 heavy (non-hydrogen) atoms. The van der Waals surface area contributed by atoms with Crippen molar-refractivity contribution in [3.63, 3.8) is 0 Å². The number of benzene rings is 3. The first-order valence-corrected chi connectivity index (χ1v) is 11.7. The van der Waals surface area contributed by atoms with Crippen molar-refractivity contribution in [1.29, 1.82) is 0 Å². The maximum Gasteiger partial charge on any atom is 0.264 e. The molecule has 3 aromatic rings. The molecule has 0 aromatic heterocycles. The van der Waals surface area contributed by atoms with Crippen LogP contribution in [0.25, 0.3) is 0 Å². The summed E-state index contributed by atoms with van der Waals surface area (Å²) in [6.07, 6.45) is 1.44. The highest BCUT2D eigenvalue weighted by molar-refractivity contribution is 9.10. The van der Waals surface area contributed by atoms with Crippen LogP contribution in [0, 0.1) is 0 Å². The molecule has 8 nitrogen and oxygen atoms in total. The van der Waals surface area contributed by atoms with Crippen LogP contribution in [0.4, 0.5) is 5.69 Å². The van der Waals surface area contributed by atoms with Crippen molar-refractivity contribution < 1.29 is 22.7 Å². The highest BCUT2D eigenvalue weighted by Crippen LogP contribution is 2.32. The van der Waals surface area contributed by atoms with E-state index in [0.29, 0.717) is 22.7 Å². The van der Waals surface area contributed by atoms with E-state index in [1.54, 1.807) is 60.7 Å². The predicted molar refractivity (Wildman–Crippen MR) is 123 cm³/mol. The summed E-state index contributed by atoms with van der Waals surface area (Å²) < 4.78 is 38.8. The molecule has 1 aliphatic heterocycles. The Kier molecular flexibility index (Phi) is 6.42. The summed E-state index contributed by atoms with van der Waals surface area (Å²) in [4.78, 5) is 12.6. The number of amides is 1. The molecule has 0 aliphatic carbocycles. The van der Waals surface area contributed by atoms with Crippen LogP contribution in [0.1, 0.15) is 5.56 Å². The quantitative estimate of drug-likeness (QED) is 0.383. The number of rotatable bonds is 7. The third kappa shape index (κ3) is 4.92. The van der Waals surface area contributed by atoms with E-state index in [9.17, 15) is 13.2 Å². The number of halogens is 1. The molecular weight excluding hydrogens is 498 g/mol. The lowest BCUT2D eigenvalue weighted by atomic mass is 10.2. The summed E-state index contributed by atoms with van der Waals surface area (Å²) in [6.45, 7) is -0.286. The zero-order chi connectivity index (χ0) is 22.6. The van der Waals surface area contributed by atoms with Gasteiger partial charge in [-0.15, -0.1) is 0 Å². The molecule has 0 fully saturated rings. The third-order valence-electron chi connectivity index (χ3n) is 4.53. The van der Waals surface area contributed by atoms with E-state index in [0.717, 1.165) is 8.78 Å². The van der Waals surface area contributed by atoms with E-state index in [4.69, 9.17) is 9.47 Å². The minimum absolute atomic E-state index is 0.0829. The number of anilines is 1. The van der Waals surface area contributed by atoms with E-state index in [-0.39, 0.29) is 11.7 Å². The molecule has 0 unspecified atom stereocenters. The lowest BCUT2D eigenvalue weighted by Crippen LogP contribution is -2.39. The minimum atomic E-state index is -3.97. The zero-order valence-electron chi connectivity index (χ0n) is 16.6. The van der Waals surface area contributed by atoms with Crippen LogP contribution in [0.2, 0.25) is 0 Å². The Morgan fingerprint density at radius 3 is 2.50 bits per heavy atom. The fraction of sp³-hybridized carbons (Fsp3) is 0.0909. The lowest BCUT2D eigenvalue weighted by Gasteiger charge is -2.23. The van der Waals surface area contributed by atoms with E-state index < -0.39 is 22.5 Å². The lowest BCUT2D eigenvalue weighted by molar-refractivity contribution is -0.119. The molecule has 0 saturated heterocycles. The van der Waals surface area contributed by atoms with Crippen LogP contribution in [0.5, 0.6) is 11.5 Å². The number of sulfonamides is 1.